The highest BCUT2D eigenvalue weighted by molar-refractivity contribution is 6.01. The summed E-state index contributed by atoms with van der Waals surface area (Å²) in [4.78, 5) is 30.7. The Hall–Kier alpha value is -2.82. The van der Waals surface area contributed by atoms with Crippen LogP contribution in [0.3, 0.4) is 0 Å². The van der Waals surface area contributed by atoms with E-state index in [1.807, 2.05) is 30.1 Å². The molecular formula is C23H27N3O2. The Morgan fingerprint density at radius 1 is 0.964 bits per heavy atom. The third-order valence-corrected chi connectivity index (χ3v) is 5.90. The van der Waals surface area contributed by atoms with Crippen molar-refractivity contribution in [1.82, 2.24) is 4.90 Å². The number of fused-ring (bicyclic) bond motifs is 1. The molecule has 0 saturated carbocycles. The molecule has 0 atom stereocenters. The predicted octanol–water partition coefficient (Wildman–Crippen LogP) is 3.29. The highest BCUT2D eigenvalue weighted by Gasteiger charge is 2.26. The Kier molecular flexibility index (Phi) is 4.84. The second-order valence-corrected chi connectivity index (χ2v) is 8.00. The van der Waals surface area contributed by atoms with Crippen LogP contribution in [0.15, 0.2) is 42.5 Å². The number of benzene rings is 2. The van der Waals surface area contributed by atoms with Crippen molar-refractivity contribution in [3.05, 3.63) is 59.2 Å². The zero-order valence-electron chi connectivity index (χ0n) is 16.8. The summed E-state index contributed by atoms with van der Waals surface area (Å²) in [6.45, 7) is 7.34. The van der Waals surface area contributed by atoms with Crippen LogP contribution in [0.1, 0.15) is 41.3 Å². The van der Waals surface area contributed by atoms with Gasteiger partial charge in [0.15, 0.2) is 0 Å². The van der Waals surface area contributed by atoms with E-state index in [1.165, 1.54) is 5.56 Å². The maximum Gasteiger partial charge on any atom is 0.253 e. The Morgan fingerprint density at radius 2 is 1.64 bits per heavy atom. The van der Waals surface area contributed by atoms with Crippen LogP contribution >= 0.6 is 0 Å². The van der Waals surface area contributed by atoms with Crippen LogP contribution in [0.4, 0.5) is 11.4 Å². The minimum Gasteiger partial charge on any atom is -0.368 e. The topological polar surface area (TPSA) is 43.9 Å². The zero-order chi connectivity index (χ0) is 19.8. The number of hydrogen-bond donors (Lipinski definition) is 0. The van der Waals surface area contributed by atoms with Gasteiger partial charge < -0.3 is 14.7 Å². The fraction of sp³-hybridized carbons (Fsp3) is 0.391. The summed E-state index contributed by atoms with van der Waals surface area (Å²) in [5.41, 5.74) is 5.25. The van der Waals surface area contributed by atoms with Gasteiger partial charge in [0.2, 0.25) is 5.91 Å². The third-order valence-electron chi connectivity index (χ3n) is 5.90. The molecule has 4 rings (SSSR count). The molecule has 2 aromatic rings. The SMILES string of the molecule is CC(C)c1ccc(C(=O)N2CCN(c3ccc4c(c3)CC(=O)N4C)CC2)cc1. The first-order chi connectivity index (χ1) is 13.4. The molecule has 2 aliphatic heterocycles. The van der Waals surface area contributed by atoms with Gasteiger partial charge in [-0.15, -0.1) is 0 Å². The Labute approximate surface area is 166 Å². The largest absolute Gasteiger partial charge is 0.368 e. The van der Waals surface area contributed by atoms with E-state index < -0.39 is 0 Å². The average Bonchev–Trinajstić information content (AvgIpc) is 3.01. The molecule has 0 N–H and O–H groups in total. The summed E-state index contributed by atoms with van der Waals surface area (Å²) in [6.07, 6.45) is 0.477. The van der Waals surface area contributed by atoms with Gasteiger partial charge in [-0.2, -0.15) is 0 Å². The Morgan fingerprint density at radius 3 is 2.29 bits per heavy atom. The fourth-order valence-corrected chi connectivity index (χ4v) is 4.01. The van der Waals surface area contributed by atoms with Gasteiger partial charge in [-0.3, -0.25) is 9.59 Å². The lowest BCUT2D eigenvalue weighted by molar-refractivity contribution is -0.117. The normalized spacial score (nSPS) is 16.7. The number of carbonyl (C=O) groups is 2. The predicted molar refractivity (Wildman–Crippen MR) is 112 cm³/mol. The smallest absolute Gasteiger partial charge is 0.253 e. The monoisotopic (exact) mass is 377 g/mol. The van der Waals surface area contributed by atoms with Gasteiger partial charge in [-0.25, -0.2) is 0 Å². The molecule has 0 bridgehead atoms. The third kappa shape index (κ3) is 3.37. The van der Waals surface area contributed by atoms with E-state index in [0.717, 1.165) is 35.6 Å². The van der Waals surface area contributed by atoms with Crippen molar-refractivity contribution in [2.75, 3.05) is 43.0 Å². The molecule has 1 fully saturated rings. The first-order valence-corrected chi connectivity index (χ1v) is 9.97. The van der Waals surface area contributed by atoms with E-state index in [4.69, 9.17) is 0 Å². The van der Waals surface area contributed by atoms with Crippen molar-refractivity contribution in [3.63, 3.8) is 0 Å². The molecule has 0 aromatic heterocycles. The van der Waals surface area contributed by atoms with Crippen LogP contribution < -0.4 is 9.80 Å². The van der Waals surface area contributed by atoms with Crippen molar-refractivity contribution in [1.29, 1.82) is 0 Å². The van der Waals surface area contributed by atoms with Gasteiger partial charge in [0.1, 0.15) is 0 Å². The van der Waals surface area contributed by atoms with Crippen LogP contribution in [-0.2, 0) is 11.2 Å². The van der Waals surface area contributed by atoms with Gasteiger partial charge in [0, 0.05) is 50.2 Å². The molecule has 2 amide bonds. The molecule has 2 aromatic carbocycles. The lowest BCUT2D eigenvalue weighted by Crippen LogP contribution is -2.48. The highest BCUT2D eigenvalue weighted by atomic mass is 16.2. The second-order valence-electron chi connectivity index (χ2n) is 8.00. The van der Waals surface area contributed by atoms with Crippen molar-refractivity contribution in [2.24, 2.45) is 0 Å². The number of piperazine rings is 1. The summed E-state index contributed by atoms with van der Waals surface area (Å²) in [6, 6.07) is 14.2. The fourth-order valence-electron chi connectivity index (χ4n) is 4.01. The van der Waals surface area contributed by atoms with E-state index in [-0.39, 0.29) is 11.8 Å². The lowest BCUT2D eigenvalue weighted by Gasteiger charge is -2.36. The van der Waals surface area contributed by atoms with E-state index in [9.17, 15) is 9.59 Å². The number of amides is 2. The van der Waals surface area contributed by atoms with Gasteiger partial charge in [0.05, 0.1) is 6.42 Å². The summed E-state index contributed by atoms with van der Waals surface area (Å²) in [7, 11) is 1.83. The first-order valence-electron chi connectivity index (χ1n) is 9.97. The quantitative estimate of drug-likeness (QED) is 0.824. The van der Waals surface area contributed by atoms with Crippen molar-refractivity contribution in [3.8, 4) is 0 Å². The van der Waals surface area contributed by atoms with Gasteiger partial charge in [-0.1, -0.05) is 26.0 Å². The number of likely N-dealkylation sites (N-methyl/N-ethyl adjacent to an activating group) is 1. The molecule has 0 unspecified atom stereocenters. The van der Waals surface area contributed by atoms with Gasteiger partial charge in [-0.05, 0) is 47.4 Å². The molecular weight excluding hydrogens is 350 g/mol. The molecule has 2 heterocycles. The number of hydrogen-bond acceptors (Lipinski definition) is 3. The maximum atomic E-state index is 12.8. The van der Waals surface area contributed by atoms with E-state index >= 15 is 0 Å². The van der Waals surface area contributed by atoms with Crippen molar-refractivity contribution >= 4 is 23.2 Å². The van der Waals surface area contributed by atoms with Crippen LogP contribution in [0.2, 0.25) is 0 Å². The summed E-state index contributed by atoms with van der Waals surface area (Å²) in [5, 5.41) is 0. The van der Waals surface area contributed by atoms with E-state index in [0.29, 0.717) is 25.4 Å². The van der Waals surface area contributed by atoms with Gasteiger partial charge >= 0.3 is 0 Å². The van der Waals surface area contributed by atoms with E-state index in [1.54, 1.807) is 4.90 Å². The standard InChI is InChI=1S/C23H27N3O2/c1-16(2)17-4-6-18(7-5-17)23(28)26-12-10-25(11-13-26)20-8-9-21-19(14-20)15-22(27)24(21)3/h4-9,14,16H,10-13,15H2,1-3H3. The Balaban J connectivity index is 1.40. The summed E-state index contributed by atoms with van der Waals surface area (Å²) >= 11 is 0. The molecule has 146 valence electrons. The first kappa shape index (κ1) is 18.5. The maximum absolute atomic E-state index is 12.8. The molecule has 5 nitrogen and oxygen atoms in total. The van der Waals surface area contributed by atoms with E-state index in [2.05, 4.69) is 43.0 Å². The summed E-state index contributed by atoms with van der Waals surface area (Å²) in [5.74, 6) is 0.720. The molecule has 5 heteroatoms. The number of nitrogens with zero attached hydrogens (tertiary/aromatic N) is 3. The second kappa shape index (κ2) is 7.30. The zero-order valence-corrected chi connectivity index (χ0v) is 16.8. The molecule has 28 heavy (non-hydrogen) atoms. The lowest BCUT2D eigenvalue weighted by atomic mass is 10.0. The number of anilines is 2. The molecule has 2 aliphatic rings. The Bertz CT molecular complexity index is 897. The van der Waals surface area contributed by atoms with Crippen molar-refractivity contribution < 1.29 is 9.59 Å². The van der Waals surface area contributed by atoms with Crippen molar-refractivity contribution in [2.45, 2.75) is 26.2 Å². The molecule has 0 radical (unpaired) electrons. The minimum absolute atomic E-state index is 0.108. The minimum atomic E-state index is 0.108. The highest BCUT2D eigenvalue weighted by Crippen LogP contribution is 2.31. The van der Waals surface area contributed by atoms with Crippen LogP contribution in [0.5, 0.6) is 0 Å². The van der Waals surface area contributed by atoms with Crippen LogP contribution in [0.25, 0.3) is 0 Å². The molecule has 1 saturated heterocycles. The number of carbonyl (C=O) groups excluding carboxylic acids is 2. The molecule has 0 spiro atoms. The number of rotatable bonds is 3. The van der Waals surface area contributed by atoms with Gasteiger partial charge in [0.25, 0.3) is 5.91 Å². The average molecular weight is 377 g/mol. The summed E-state index contributed by atoms with van der Waals surface area (Å²) < 4.78 is 0. The molecule has 0 aliphatic carbocycles. The van der Waals surface area contributed by atoms with Crippen LogP contribution in [-0.4, -0.2) is 49.9 Å². The van der Waals surface area contributed by atoms with Crippen LogP contribution in [0, 0.1) is 0 Å².